The molecule has 0 bridgehead atoms. The van der Waals surface area contributed by atoms with E-state index in [1.54, 1.807) is 22.7 Å². The summed E-state index contributed by atoms with van der Waals surface area (Å²) in [5.41, 5.74) is 1.13. The fourth-order valence-electron chi connectivity index (χ4n) is 2.15. The largest absolute Gasteiger partial charge is 0.384 e. The van der Waals surface area contributed by atoms with Crippen LogP contribution in [0.25, 0.3) is 0 Å². The summed E-state index contributed by atoms with van der Waals surface area (Å²) in [7, 11) is 0. The van der Waals surface area contributed by atoms with Crippen LogP contribution in [0.3, 0.4) is 0 Å². The fraction of sp³-hybridized carbons (Fsp3) is 0.556. The number of guanidine groups is 1. The number of nitrogens with zero attached hydrogens (tertiary/aromatic N) is 2. The quantitative estimate of drug-likeness (QED) is 0.313. The normalized spacial score (nSPS) is 14.5. The second-order valence-electron chi connectivity index (χ2n) is 7.21. The lowest BCUT2D eigenvalue weighted by Gasteiger charge is -2.24. The van der Waals surface area contributed by atoms with Crippen molar-refractivity contribution in [1.29, 1.82) is 0 Å². The van der Waals surface area contributed by atoms with Gasteiger partial charge in [0.1, 0.15) is 10.6 Å². The maximum absolute atomic E-state index is 10.6. The molecule has 2 aromatic rings. The number of hydrogen-bond donors (Lipinski definition) is 3. The molecule has 2 aromatic heterocycles. The van der Waals surface area contributed by atoms with Gasteiger partial charge in [0.05, 0.1) is 18.8 Å². The van der Waals surface area contributed by atoms with Crippen LogP contribution in [0.4, 0.5) is 0 Å². The van der Waals surface area contributed by atoms with Gasteiger partial charge in [0.2, 0.25) is 0 Å². The summed E-state index contributed by atoms with van der Waals surface area (Å²) in [5, 5.41) is 24.1. The van der Waals surface area contributed by atoms with Crippen LogP contribution in [0.5, 0.6) is 0 Å². The van der Waals surface area contributed by atoms with Gasteiger partial charge in [0, 0.05) is 17.3 Å². The molecule has 0 amide bonds. The summed E-state index contributed by atoms with van der Waals surface area (Å²) in [6, 6.07) is 1.94. The number of hydrogen-bond acceptors (Lipinski definition) is 5. The summed E-state index contributed by atoms with van der Waals surface area (Å²) in [5.74, 6) is 0.686. The number of rotatable bonds is 6. The van der Waals surface area contributed by atoms with Gasteiger partial charge in [-0.2, -0.15) is 11.3 Å². The third-order valence-corrected chi connectivity index (χ3v) is 5.30. The minimum atomic E-state index is -0.934. The maximum Gasteiger partial charge on any atom is 0.191 e. The predicted octanol–water partition coefficient (Wildman–Crippen LogP) is 4.08. The Balaban J connectivity index is 0.00000338. The molecule has 0 aliphatic carbocycles. The van der Waals surface area contributed by atoms with Gasteiger partial charge in [-0.15, -0.1) is 35.3 Å². The zero-order chi connectivity index (χ0) is 18.5. The number of halogens is 1. The molecule has 0 radical (unpaired) electrons. The van der Waals surface area contributed by atoms with E-state index in [1.165, 1.54) is 0 Å². The number of nitrogens with one attached hydrogen (secondary N) is 2. The highest BCUT2D eigenvalue weighted by Gasteiger charge is 2.23. The lowest BCUT2D eigenvalue weighted by Crippen LogP contribution is -2.44. The Bertz CT molecular complexity index is 690. The number of aliphatic imine (C=N–C) groups is 1. The van der Waals surface area contributed by atoms with Crippen LogP contribution >= 0.6 is 46.7 Å². The first-order valence-electron chi connectivity index (χ1n) is 8.44. The molecule has 146 valence electrons. The monoisotopic (exact) mass is 508 g/mol. The molecule has 0 saturated heterocycles. The zero-order valence-corrected chi connectivity index (χ0v) is 20.0. The lowest BCUT2D eigenvalue weighted by atomic mass is 9.93. The van der Waals surface area contributed by atoms with E-state index >= 15 is 0 Å². The second-order valence-corrected chi connectivity index (χ2v) is 8.93. The van der Waals surface area contributed by atoms with Crippen LogP contribution in [-0.2, 0) is 17.6 Å². The average molecular weight is 508 g/mol. The zero-order valence-electron chi connectivity index (χ0n) is 16.0. The third kappa shape index (κ3) is 6.79. The van der Waals surface area contributed by atoms with Crippen molar-refractivity contribution >= 4 is 52.6 Å². The van der Waals surface area contributed by atoms with Crippen molar-refractivity contribution in [3.8, 4) is 0 Å². The summed E-state index contributed by atoms with van der Waals surface area (Å²) in [6.45, 7) is 12.0. The number of aliphatic hydroxyl groups is 1. The van der Waals surface area contributed by atoms with Gasteiger partial charge in [0.15, 0.2) is 5.96 Å². The SMILES string of the molecule is CCNC(=NCc1nc(C(C)(C)C)cs1)NCC(C)(O)c1ccsc1.I. The number of aromatic nitrogens is 1. The Morgan fingerprint density at radius 1 is 1.23 bits per heavy atom. The highest BCUT2D eigenvalue weighted by atomic mass is 127. The second kappa shape index (κ2) is 10.0. The van der Waals surface area contributed by atoms with Gasteiger partial charge in [-0.3, -0.25) is 0 Å². The van der Waals surface area contributed by atoms with Crippen molar-refractivity contribution in [3.63, 3.8) is 0 Å². The molecule has 1 unspecified atom stereocenters. The molecule has 0 spiro atoms. The fourth-order valence-corrected chi connectivity index (χ4v) is 3.87. The van der Waals surface area contributed by atoms with Crippen molar-refractivity contribution in [3.05, 3.63) is 38.5 Å². The molecule has 0 aliphatic rings. The van der Waals surface area contributed by atoms with E-state index in [4.69, 9.17) is 0 Å². The maximum atomic E-state index is 10.6. The molecule has 8 heteroatoms. The van der Waals surface area contributed by atoms with Crippen LogP contribution in [-0.4, -0.2) is 29.1 Å². The Morgan fingerprint density at radius 2 is 1.96 bits per heavy atom. The molecule has 3 N–H and O–H groups in total. The smallest absolute Gasteiger partial charge is 0.191 e. The van der Waals surface area contributed by atoms with E-state index < -0.39 is 5.60 Å². The predicted molar refractivity (Wildman–Crippen MR) is 123 cm³/mol. The highest BCUT2D eigenvalue weighted by Crippen LogP contribution is 2.24. The first kappa shape index (κ1) is 23.3. The van der Waals surface area contributed by atoms with Crippen LogP contribution in [0.1, 0.15) is 50.9 Å². The molecule has 1 atom stereocenters. The molecule has 0 aliphatic heterocycles. The molecule has 2 rings (SSSR count). The van der Waals surface area contributed by atoms with Crippen molar-refractivity contribution in [1.82, 2.24) is 15.6 Å². The number of thiazole rings is 1. The minimum absolute atomic E-state index is 0. The van der Waals surface area contributed by atoms with Crippen molar-refractivity contribution in [2.45, 2.75) is 52.2 Å². The number of thiophene rings is 1. The Labute approximate surface area is 181 Å². The standard InChI is InChI=1S/C18H28N4OS2.HI/c1-6-19-16(21-12-18(5,23)13-7-8-24-10-13)20-9-15-22-14(11-25-15)17(2,3)4;/h7-8,10-11,23H,6,9,12H2,1-5H3,(H2,19,20,21);1H. The third-order valence-electron chi connectivity index (χ3n) is 3.78. The molecule has 0 aromatic carbocycles. The van der Waals surface area contributed by atoms with E-state index in [2.05, 4.69) is 46.8 Å². The molecule has 0 saturated carbocycles. The Hall–Kier alpha value is -0.710. The average Bonchev–Trinajstić information content (AvgIpc) is 3.20. The van der Waals surface area contributed by atoms with Crippen LogP contribution in [0.15, 0.2) is 27.2 Å². The van der Waals surface area contributed by atoms with E-state index in [9.17, 15) is 5.11 Å². The van der Waals surface area contributed by atoms with E-state index in [-0.39, 0.29) is 29.4 Å². The Morgan fingerprint density at radius 3 is 2.50 bits per heavy atom. The van der Waals surface area contributed by atoms with Gasteiger partial charge in [0.25, 0.3) is 0 Å². The topological polar surface area (TPSA) is 69.5 Å². The summed E-state index contributed by atoms with van der Waals surface area (Å²) in [6.07, 6.45) is 0. The van der Waals surface area contributed by atoms with Gasteiger partial charge in [-0.25, -0.2) is 9.98 Å². The summed E-state index contributed by atoms with van der Waals surface area (Å²) >= 11 is 3.22. The van der Waals surface area contributed by atoms with E-state index in [0.717, 1.165) is 22.8 Å². The first-order valence-corrected chi connectivity index (χ1v) is 10.3. The van der Waals surface area contributed by atoms with E-state index in [1.807, 2.05) is 30.7 Å². The molecule has 2 heterocycles. The molecule has 0 fully saturated rings. The van der Waals surface area contributed by atoms with E-state index in [0.29, 0.717) is 19.0 Å². The lowest BCUT2D eigenvalue weighted by molar-refractivity contribution is 0.0621. The van der Waals surface area contributed by atoms with Crippen molar-refractivity contribution < 1.29 is 5.11 Å². The first-order chi connectivity index (χ1) is 11.7. The summed E-state index contributed by atoms with van der Waals surface area (Å²) in [4.78, 5) is 9.27. The highest BCUT2D eigenvalue weighted by molar-refractivity contribution is 14.0. The van der Waals surface area contributed by atoms with Gasteiger partial charge >= 0.3 is 0 Å². The van der Waals surface area contributed by atoms with Crippen LogP contribution in [0, 0.1) is 0 Å². The van der Waals surface area contributed by atoms with Crippen LogP contribution < -0.4 is 10.6 Å². The van der Waals surface area contributed by atoms with Gasteiger partial charge in [-0.1, -0.05) is 20.8 Å². The van der Waals surface area contributed by atoms with Crippen LogP contribution in [0.2, 0.25) is 0 Å². The molecular weight excluding hydrogens is 479 g/mol. The van der Waals surface area contributed by atoms with Crippen molar-refractivity contribution in [2.24, 2.45) is 4.99 Å². The molecule has 5 nitrogen and oxygen atoms in total. The summed E-state index contributed by atoms with van der Waals surface area (Å²) < 4.78 is 0. The molecule has 26 heavy (non-hydrogen) atoms. The van der Waals surface area contributed by atoms with Gasteiger partial charge in [-0.05, 0) is 36.2 Å². The minimum Gasteiger partial charge on any atom is -0.384 e. The van der Waals surface area contributed by atoms with Crippen molar-refractivity contribution in [2.75, 3.05) is 13.1 Å². The molecular formula is C18H29IN4OS2. The van der Waals surface area contributed by atoms with Gasteiger partial charge < -0.3 is 15.7 Å². The Kier molecular flexibility index (Phi) is 8.98.